The average Bonchev–Trinajstić information content (AvgIpc) is 2.46. The van der Waals surface area contributed by atoms with Crippen LogP contribution in [-0.4, -0.2) is 12.0 Å². The monoisotopic (exact) mass is 162 g/mol. The van der Waals surface area contributed by atoms with Gasteiger partial charge in [0.2, 0.25) is 0 Å². The standard InChI is InChI=1S/C9H10N2O/c1-6-3-4-7-8(5-6)12-9(10-2)11-7/h3-5H,1-2H3,(H,10,11). The van der Waals surface area contributed by atoms with Crippen LogP contribution in [0.2, 0.25) is 0 Å². The number of nitrogens with one attached hydrogen (secondary N) is 1. The van der Waals surface area contributed by atoms with Crippen molar-refractivity contribution in [1.29, 1.82) is 0 Å². The maximum atomic E-state index is 5.38. The van der Waals surface area contributed by atoms with E-state index in [4.69, 9.17) is 4.42 Å². The van der Waals surface area contributed by atoms with Crippen molar-refractivity contribution in [2.75, 3.05) is 12.4 Å². The minimum Gasteiger partial charge on any atom is -0.424 e. The van der Waals surface area contributed by atoms with Gasteiger partial charge in [0.25, 0.3) is 6.01 Å². The lowest BCUT2D eigenvalue weighted by Gasteiger charge is -1.88. The Morgan fingerprint density at radius 1 is 1.42 bits per heavy atom. The molecule has 3 heteroatoms. The van der Waals surface area contributed by atoms with E-state index in [2.05, 4.69) is 10.3 Å². The lowest BCUT2D eigenvalue weighted by atomic mass is 10.2. The zero-order chi connectivity index (χ0) is 8.55. The minimum atomic E-state index is 0.565. The van der Waals surface area contributed by atoms with Crippen molar-refractivity contribution in [3.63, 3.8) is 0 Å². The first-order valence-corrected chi connectivity index (χ1v) is 3.84. The molecule has 2 aromatic rings. The Labute approximate surface area is 70.4 Å². The maximum Gasteiger partial charge on any atom is 0.295 e. The molecular weight excluding hydrogens is 152 g/mol. The van der Waals surface area contributed by atoms with Crippen molar-refractivity contribution in [2.24, 2.45) is 0 Å². The smallest absolute Gasteiger partial charge is 0.295 e. The summed E-state index contributed by atoms with van der Waals surface area (Å²) in [5, 5.41) is 2.86. The van der Waals surface area contributed by atoms with E-state index >= 15 is 0 Å². The normalized spacial score (nSPS) is 10.5. The fourth-order valence-electron chi connectivity index (χ4n) is 1.14. The van der Waals surface area contributed by atoms with E-state index in [-0.39, 0.29) is 0 Å². The lowest BCUT2D eigenvalue weighted by molar-refractivity contribution is 0.620. The van der Waals surface area contributed by atoms with E-state index in [1.54, 1.807) is 7.05 Å². The molecule has 0 aliphatic heterocycles. The lowest BCUT2D eigenvalue weighted by Crippen LogP contribution is -1.85. The number of oxazole rings is 1. The van der Waals surface area contributed by atoms with Crippen molar-refractivity contribution in [3.8, 4) is 0 Å². The summed E-state index contributed by atoms with van der Waals surface area (Å²) in [6, 6.07) is 6.51. The maximum absolute atomic E-state index is 5.38. The fraction of sp³-hybridized carbons (Fsp3) is 0.222. The first-order chi connectivity index (χ1) is 5.79. The summed E-state index contributed by atoms with van der Waals surface area (Å²) >= 11 is 0. The van der Waals surface area contributed by atoms with Crippen LogP contribution in [0.25, 0.3) is 11.1 Å². The molecule has 0 aliphatic carbocycles. The Morgan fingerprint density at radius 3 is 3.00 bits per heavy atom. The summed E-state index contributed by atoms with van der Waals surface area (Å²) in [6.07, 6.45) is 0. The van der Waals surface area contributed by atoms with Crippen LogP contribution in [-0.2, 0) is 0 Å². The highest BCUT2D eigenvalue weighted by molar-refractivity contribution is 5.75. The van der Waals surface area contributed by atoms with E-state index in [9.17, 15) is 0 Å². The van der Waals surface area contributed by atoms with Crippen LogP contribution in [0.4, 0.5) is 6.01 Å². The highest BCUT2D eigenvalue weighted by Gasteiger charge is 2.02. The second-order valence-electron chi connectivity index (χ2n) is 2.74. The van der Waals surface area contributed by atoms with Crippen LogP contribution in [0.3, 0.4) is 0 Å². The van der Waals surface area contributed by atoms with Gasteiger partial charge in [-0.2, -0.15) is 4.98 Å². The molecule has 0 bridgehead atoms. The number of anilines is 1. The molecule has 1 heterocycles. The fourth-order valence-corrected chi connectivity index (χ4v) is 1.14. The van der Waals surface area contributed by atoms with Crippen molar-refractivity contribution < 1.29 is 4.42 Å². The highest BCUT2D eigenvalue weighted by Crippen LogP contribution is 2.19. The summed E-state index contributed by atoms with van der Waals surface area (Å²) in [7, 11) is 1.79. The molecule has 0 radical (unpaired) electrons. The third-order valence-electron chi connectivity index (χ3n) is 1.76. The molecular formula is C9H10N2O. The molecule has 0 fully saturated rings. The van der Waals surface area contributed by atoms with Crippen LogP contribution in [0, 0.1) is 6.92 Å². The zero-order valence-corrected chi connectivity index (χ0v) is 7.09. The number of hydrogen-bond donors (Lipinski definition) is 1. The van der Waals surface area contributed by atoms with Gasteiger partial charge in [-0.1, -0.05) is 6.07 Å². The molecule has 0 saturated carbocycles. The number of aryl methyl sites for hydroxylation is 1. The Morgan fingerprint density at radius 2 is 2.25 bits per heavy atom. The number of hydrogen-bond acceptors (Lipinski definition) is 3. The Balaban J connectivity index is 2.67. The van der Waals surface area contributed by atoms with Gasteiger partial charge >= 0.3 is 0 Å². The van der Waals surface area contributed by atoms with Gasteiger partial charge < -0.3 is 9.73 Å². The second-order valence-corrected chi connectivity index (χ2v) is 2.74. The van der Waals surface area contributed by atoms with E-state index in [0.717, 1.165) is 11.1 Å². The van der Waals surface area contributed by atoms with Crippen molar-refractivity contribution in [1.82, 2.24) is 4.98 Å². The summed E-state index contributed by atoms with van der Waals surface area (Å²) in [5.41, 5.74) is 2.91. The Kier molecular flexibility index (Phi) is 1.50. The molecule has 62 valence electrons. The molecule has 1 aromatic heterocycles. The second kappa shape index (κ2) is 2.52. The molecule has 1 aromatic carbocycles. The van der Waals surface area contributed by atoms with Crippen LogP contribution >= 0.6 is 0 Å². The van der Waals surface area contributed by atoms with Gasteiger partial charge in [0.05, 0.1) is 0 Å². The van der Waals surface area contributed by atoms with Crippen LogP contribution in [0.15, 0.2) is 22.6 Å². The topological polar surface area (TPSA) is 38.1 Å². The van der Waals surface area contributed by atoms with E-state index in [1.165, 1.54) is 5.56 Å². The minimum absolute atomic E-state index is 0.565. The molecule has 0 spiro atoms. The number of rotatable bonds is 1. The Bertz CT molecular complexity index is 406. The molecule has 1 N–H and O–H groups in total. The van der Waals surface area contributed by atoms with Crippen molar-refractivity contribution >= 4 is 17.1 Å². The van der Waals surface area contributed by atoms with Gasteiger partial charge in [-0.15, -0.1) is 0 Å². The summed E-state index contributed by atoms with van der Waals surface area (Å²) in [6.45, 7) is 2.03. The third-order valence-corrected chi connectivity index (χ3v) is 1.76. The molecule has 12 heavy (non-hydrogen) atoms. The summed E-state index contributed by atoms with van der Waals surface area (Å²) < 4.78 is 5.38. The highest BCUT2D eigenvalue weighted by atomic mass is 16.4. The number of fused-ring (bicyclic) bond motifs is 1. The zero-order valence-electron chi connectivity index (χ0n) is 7.09. The Hall–Kier alpha value is -1.51. The predicted molar refractivity (Wildman–Crippen MR) is 48.3 cm³/mol. The largest absolute Gasteiger partial charge is 0.424 e. The molecule has 0 saturated heterocycles. The van der Waals surface area contributed by atoms with Crippen molar-refractivity contribution in [2.45, 2.75) is 6.92 Å². The molecule has 0 unspecified atom stereocenters. The molecule has 0 amide bonds. The van der Waals surface area contributed by atoms with E-state index in [1.807, 2.05) is 25.1 Å². The SMILES string of the molecule is CNc1nc2ccc(C)cc2o1. The van der Waals surface area contributed by atoms with Gasteiger partial charge in [0, 0.05) is 7.05 Å². The average molecular weight is 162 g/mol. The van der Waals surface area contributed by atoms with Crippen LogP contribution in [0.5, 0.6) is 0 Å². The van der Waals surface area contributed by atoms with Gasteiger partial charge in [0.1, 0.15) is 5.52 Å². The van der Waals surface area contributed by atoms with Crippen LogP contribution in [0.1, 0.15) is 5.56 Å². The molecule has 3 nitrogen and oxygen atoms in total. The first-order valence-electron chi connectivity index (χ1n) is 3.84. The predicted octanol–water partition coefficient (Wildman–Crippen LogP) is 2.18. The third kappa shape index (κ3) is 1.03. The number of aromatic nitrogens is 1. The van der Waals surface area contributed by atoms with E-state index in [0.29, 0.717) is 6.01 Å². The molecule has 0 atom stereocenters. The van der Waals surface area contributed by atoms with Crippen molar-refractivity contribution in [3.05, 3.63) is 23.8 Å². The molecule has 2 rings (SSSR count). The number of nitrogens with zero attached hydrogens (tertiary/aromatic N) is 1. The first kappa shape index (κ1) is 7.16. The van der Waals surface area contributed by atoms with Gasteiger partial charge in [-0.25, -0.2) is 0 Å². The summed E-state index contributed by atoms with van der Waals surface area (Å²) in [5.74, 6) is 0. The quantitative estimate of drug-likeness (QED) is 0.698. The van der Waals surface area contributed by atoms with Gasteiger partial charge in [-0.3, -0.25) is 0 Å². The number of benzene rings is 1. The van der Waals surface area contributed by atoms with E-state index < -0.39 is 0 Å². The van der Waals surface area contributed by atoms with Gasteiger partial charge in [0.15, 0.2) is 5.58 Å². The molecule has 0 aliphatic rings. The van der Waals surface area contributed by atoms with Gasteiger partial charge in [-0.05, 0) is 24.6 Å². The summed E-state index contributed by atoms with van der Waals surface area (Å²) in [4.78, 5) is 4.19. The van der Waals surface area contributed by atoms with Crippen LogP contribution < -0.4 is 5.32 Å².